The van der Waals surface area contributed by atoms with E-state index in [9.17, 15) is 9.59 Å². The molecule has 2 aliphatic heterocycles. The summed E-state index contributed by atoms with van der Waals surface area (Å²) in [6, 6.07) is 33.7. The Morgan fingerprint density at radius 2 is 0.913 bits per heavy atom. The van der Waals surface area contributed by atoms with Crippen LogP contribution in [0.25, 0.3) is 0 Å². The third-order valence-corrected chi connectivity index (χ3v) is 9.74. The second kappa shape index (κ2) is 11.3. The Morgan fingerprint density at radius 1 is 0.565 bits per heavy atom. The third kappa shape index (κ3) is 3.85. The molecule has 4 atom stereocenters. The number of carbonyl (C=O) groups excluding carboxylic acids is 4. The molecule has 8 nitrogen and oxygen atoms in total. The first-order valence-corrected chi connectivity index (χ1v) is 15.7. The second-order valence-corrected chi connectivity index (χ2v) is 11.9. The Kier molecular flexibility index (Phi) is 7.23. The Bertz CT molecular complexity index is 1710. The number of rotatable bonds is 8. The number of carbonyl (C=O) groups is 4. The summed E-state index contributed by atoms with van der Waals surface area (Å²) in [6.07, 6.45) is 0. The summed E-state index contributed by atoms with van der Waals surface area (Å²) in [5.74, 6) is -4.84. The van der Waals surface area contributed by atoms with Crippen LogP contribution < -0.4 is 9.80 Å². The highest BCUT2D eigenvalue weighted by Gasteiger charge is 2.88. The number of esters is 2. The van der Waals surface area contributed by atoms with Gasteiger partial charge in [-0.2, -0.15) is 0 Å². The molecule has 7 rings (SSSR count). The largest absolute Gasteiger partial charge is 0.466 e. The fourth-order valence-electron chi connectivity index (χ4n) is 8.15. The molecule has 2 heterocycles. The highest BCUT2D eigenvalue weighted by Crippen LogP contribution is 2.74. The van der Waals surface area contributed by atoms with Crippen LogP contribution in [-0.2, 0) is 52.6 Å². The van der Waals surface area contributed by atoms with Crippen molar-refractivity contribution in [2.24, 2.45) is 11.8 Å². The molecule has 3 aliphatic rings. The Balaban J connectivity index is 1.51. The van der Waals surface area contributed by atoms with Gasteiger partial charge in [0.1, 0.15) is 10.8 Å². The van der Waals surface area contributed by atoms with E-state index in [-0.39, 0.29) is 26.3 Å². The first kappa shape index (κ1) is 29.5. The average molecular weight is 615 g/mol. The number of hydrogen-bond donors (Lipinski definition) is 0. The Hall–Kier alpha value is -5.24. The molecule has 46 heavy (non-hydrogen) atoms. The van der Waals surface area contributed by atoms with Crippen molar-refractivity contribution >= 4 is 35.1 Å². The minimum atomic E-state index is -1.76. The molecule has 232 valence electrons. The number of amides is 2. The molecule has 2 spiro atoms. The maximum Gasteiger partial charge on any atom is 0.311 e. The summed E-state index contributed by atoms with van der Waals surface area (Å²) in [5, 5.41) is 0. The van der Waals surface area contributed by atoms with E-state index in [1.165, 1.54) is 0 Å². The summed E-state index contributed by atoms with van der Waals surface area (Å²) in [4.78, 5) is 62.3. The molecule has 0 saturated heterocycles. The molecule has 1 saturated carbocycles. The molecule has 1 fully saturated rings. The van der Waals surface area contributed by atoms with E-state index in [0.29, 0.717) is 22.5 Å². The molecule has 8 heteroatoms. The van der Waals surface area contributed by atoms with Gasteiger partial charge in [-0.25, -0.2) is 0 Å². The topological polar surface area (TPSA) is 93.2 Å². The molecule has 0 bridgehead atoms. The summed E-state index contributed by atoms with van der Waals surface area (Å²) < 4.78 is 11.2. The number of nitrogens with zero attached hydrogens (tertiary/aromatic N) is 2. The van der Waals surface area contributed by atoms with Gasteiger partial charge in [0.05, 0.1) is 38.1 Å². The molecule has 4 aromatic rings. The van der Waals surface area contributed by atoms with Crippen LogP contribution >= 0.6 is 0 Å². The van der Waals surface area contributed by atoms with Crippen LogP contribution in [0, 0.1) is 11.8 Å². The van der Waals surface area contributed by atoms with Gasteiger partial charge in [0.25, 0.3) is 0 Å². The van der Waals surface area contributed by atoms with Crippen molar-refractivity contribution in [1.82, 2.24) is 0 Å². The predicted molar refractivity (Wildman–Crippen MR) is 172 cm³/mol. The van der Waals surface area contributed by atoms with Gasteiger partial charge in [-0.3, -0.25) is 19.2 Å². The van der Waals surface area contributed by atoms with E-state index in [0.717, 1.165) is 11.1 Å². The maximum absolute atomic E-state index is 15.4. The van der Waals surface area contributed by atoms with Gasteiger partial charge in [0, 0.05) is 11.4 Å². The van der Waals surface area contributed by atoms with Gasteiger partial charge in [-0.05, 0) is 48.2 Å². The Morgan fingerprint density at radius 3 is 1.28 bits per heavy atom. The molecule has 4 aromatic carbocycles. The first-order chi connectivity index (χ1) is 22.4. The van der Waals surface area contributed by atoms with Crippen LogP contribution in [0.1, 0.15) is 36.1 Å². The zero-order valence-corrected chi connectivity index (χ0v) is 25.7. The zero-order valence-electron chi connectivity index (χ0n) is 25.7. The van der Waals surface area contributed by atoms with Crippen LogP contribution in [0.15, 0.2) is 109 Å². The van der Waals surface area contributed by atoms with Crippen molar-refractivity contribution in [2.75, 3.05) is 23.0 Å². The predicted octanol–water partition coefficient (Wildman–Crippen LogP) is 5.33. The average Bonchev–Trinajstić information content (AvgIpc) is 3.48. The van der Waals surface area contributed by atoms with E-state index >= 15 is 9.59 Å². The van der Waals surface area contributed by atoms with Crippen molar-refractivity contribution < 1.29 is 28.7 Å². The van der Waals surface area contributed by atoms with Crippen LogP contribution in [0.4, 0.5) is 11.4 Å². The van der Waals surface area contributed by atoms with Gasteiger partial charge in [-0.15, -0.1) is 0 Å². The summed E-state index contributed by atoms with van der Waals surface area (Å²) >= 11 is 0. The summed E-state index contributed by atoms with van der Waals surface area (Å²) in [6.45, 7) is 3.89. The quantitative estimate of drug-likeness (QED) is 0.249. The van der Waals surface area contributed by atoms with Gasteiger partial charge in [0.15, 0.2) is 0 Å². The third-order valence-electron chi connectivity index (χ3n) is 9.74. The number of para-hydroxylation sites is 2. The lowest BCUT2D eigenvalue weighted by Crippen LogP contribution is -2.80. The summed E-state index contributed by atoms with van der Waals surface area (Å²) in [7, 11) is 0. The van der Waals surface area contributed by atoms with Gasteiger partial charge >= 0.3 is 11.9 Å². The molecule has 1 aliphatic carbocycles. The minimum absolute atomic E-state index is 0.0438. The van der Waals surface area contributed by atoms with Crippen LogP contribution in [0.5, 0.6) is 0 Å². The van der Waals surface area contributed by atoms with Crippen molar-refractivity contribution in [3.05, 3.63) is 131 Å². The van der Waals surface area contributed by atoms with E-state index in [1.807, 2.05) is 97.1 Å². The van der Waals surface area contributed by atoms with Crippen molar-refractivity contribution in [1.29, 1.82) is 0 Å². The van der Waals surface area contributed by atoms with Gasteiger partial charge in [0.2, 0.25) is 11.8 Å². The van der Waals surface area contributed by atoms with Gasteiger partial charge < -0.3 is 19.3 Å². The first-order valence-electron chi connectivity index (χ1n) is 15.7. The molecule has 0 unspecified atom stereocenters. The van der Waals surface area contributed by atoms with E-state index < -0.39 is 46.4 Å². The number of fused-ring (bicyclic) bond motifs is 5. The monoisotopic (exact) mass is 614 g/mol. The van der Waals surface area contributed by atoms with Crippen molar-refractivity contribution in [2.45, 2.75) is 37.8 Å². The second-order valence-electron chi connectivity index (χ2n) is 11.9. The molecule has 0 aromatic heterocycles. The lowest BCUT2D eigenvalue weighted by Gasteiger charge is -2.61. The number of benzene rings is 4. The SMILES string of the molecule is CCOC(=O)[C@@H]1[C@@H](C(=O)OCC)[C@]2(C(=O)N(Cc3ccccc3)c3ccccc32)[C@@]12C(=O)N(Cc1ccccc1)c1ccccc12. The molecular formula is C38H34N2O6. The van der Waals surface area contributed by atoms with Crippen LogP contribution in [0.2, 0.25) is 0 Å². The molecule has 0 radical (unpaired) electrons. The smallest absolute Gasteiger partial charge is 0.311 e. The highest BCUT2D eigenvalue weighted by molar-refractivity contribution is 6.24. The lowest BCUT2D eigenvalue weighted by atomic mass is 9.34. The fourth-order valence-corrected chi connectivity index (χ4v) is 8.15. The number of anilines is 2. The fraction of sp³-hybridized carbons (Fsp3) is 0.263. The zero-order chi connectivity index (χ0) is 32.1. The molecule has 0 N–H and O–H groups in total. The minimum Gasteiger partial charge on any atom is -0.466 e. The summed E-state index contributed by atoms with van der Waals surface area (Å²) in [5.41, 5.74) is 0.488. The number of hydrogen-bond acceptors (Lipinski definition) is 6. The molecule has 2 amide bonds. The highest BCUT2D eigenvalue weighted by atomic mass is 16.5. The maximum atomic E-state index is 15.4. The van der Waals surface area contributed by atoms with Gasteiger partial charge in [-0.1, -0.05) is 97.1 Å². The Labute approximate surface area is 267 Å². The lowest BCUT2D eigenvalue weighted by molar-refractivity contribution is -0.194. The number of ether oxygens (including phenoxy) is 2. The van der Waals surface area contributed by atoms with E-state index in [1.54, 1.807) is 35.8 Å². The van der Waals surface area contributed by atoms with Crippen molar-refractivity contribution in [3.63, 3.8) is 0 Å². The van der Waals surface area contributed by atoms with Crippen molar-refractivity contribution in [3.8, 4) is 0 Å². The standard InChI is InChI=1S/C38H34N2O6/c1-3-45-33(41)31-32(34(42)46-4-2)38(28-20-12-14-22-30(28)40(36(38)44)24-26-17-9-6-10-18-26)37(31)27-19-11-13-21-29(27)39(35(37)43)23-25-15-7-5-8-16-25/h5-22,31-32H,3-4,23-24H2,1-2H3/t31-,32-,37+,38+/m0/s1. The van der Waals surface area contributed by atoms with E-state index in [4.69, 9.17) is 9.47 Å². The normalized spacial score (nSPS) is 24.1. The van der Waals surface area contributed by atoms with Crippen LogP contribution in [-0.4, -0.2) is 37.0 Å². The molecular weight excluding hydrogens is 580 g/mol. The van der Waals surface area contributed by atoms with Crippen LogP contribution in [0.3, 0.4) is 0 Å². The van der Waals surface area contributed by atoms with E-state index in [2.05, 4.69) is 0 Å².